The molecule has 1 fully saturated rings. The van der Waals surface area contributed by atoms with Gasteiger partial charge in [-0.25, -0.2) is 13.4 Å². The zero-order valence-electron chi connectivity index (χ0n) is 15.4. The van der Waals surface area contributed by atoms with Crippen LogP contribution in [0.5, 0.6) is 5.75 Å². The molecule has 8 heteroatoms. The molecule has 0 amide bonds. The molecule has 1 aromatic heterocycles. The van der Waals surface area contributed by atoms with Crippen LogP contribution in [0, 0.1) is 0 Å². The van der Waals surface area contributed by atoms with Gasteiger partial charge in [0.2, 0.25) is 10.0 Å². The lowest BCUT2D eigenvalue weighted by Crippen LogP contribution is -2.41. The molecule has 3 heterocycles. The third-order valence-electron chi connectivity index (χ3n) is 5.54. The van der Waals surface area contributed by atoms with Crippen LogP contribution >= 0.6 is 0 Å². The van der Waals surface area contributed by atoms with Crippen molar-refractivity contribution in [1.29, 1.82) is 0 Å². The maximum atomic E-state index is 13.3. The summed E-state index contributed by atoms with van der Waals surface area (Å²) in [4.78, 5) is 20.2. The summed E-state index contributed by atoms with van der Waals surface area (Å²) in [7, 11) is -2.11. The molecule has 2 aliphatic heterocycles. The van der Waals surface area contributed by atoms with Gasteiger partial charge in [-0.2, -0.15) is 4.31 Å². The number of hydrogen-bond donors (Lipinski definition) is 1. The van der Waals surface area contributed by atoms with Gasteiger partial charge in [-0.3, -0.25) is 4.79 Å². The predicted octanol–water partition coefficient (Wildman–Crippen LogP) is 1.66. The lowest BCUT2D eigenvalue weighted by atomic mass is 9.98. The van der Waals surface area contributed by atoms with E-state index in [1.54, 1.807) is 35.7 Å². The molecule has 4 rings (SSSR count). The van der Waals surface area contributed by atoms with Gasteiger partial charge in [0.1, 0.15) is 11.6 Å². The van der Waals surface area contributed by atoms with Gasteiger partial charge in [-0.15, -0.1) is 0 Å². The third-order valence-corrected chi connectivity index (χ3v) is 7.56. The van der Waals surface area contributed by atoms with E-state index in [1.807, 2.05) is 6.92 Å². The minimum atomic E-state index is -3.65. The lowest BCUT2D eigenvalue weighted by Gasteiger charge is -2.27. The summed E-state index contributed by atoms with van der Waals surface area (Å²) >= 11 is 0. The van der Waals surface area contributed by atoms with Crippen LogP contribution < -0.4 is 10.3 Å². The fraction of sp³-hybridized carbons (Fsp3) is 0.474. The number of aryl methyl sites for hydroxylation is 1. The molecule has 2 aliphatic rings. The molecule has 1 N–H and O–H groups in total. The van der Waals surface area contributed by atoms with Gasteiger partial charge >= 0.3 is 0 Å². The third kappa shape index (κ3) is 3.06. The van der Waals surface area contributed by atoms with Gasteiger partial charge < -0.3 is 9.72 Å². The highest BCUT2D eigenvalue weighted by Gasteiger charge is 2.45. The first kappa shape index (κ1) is 18.2. The number of aromatic nitrogens is 2. The maximum Gasteiger partial charge on any atom is 0.254 e. The summed E-state index contributed by atoms with van der Waals surface area (Å²) < 4.78 is 33.4. The van der Waals surface area contributed by atoms with Crippen LogP contribution in [0.25, 0.3) is 0 Å². The van der Waals surface area contributed by atoms with Crippen molar-refractivity contribution in [3.63, 3.8) is 0 Å². The molecule has 1 aromatic carbocycles. The number of fused-ring (bicyclic) bond motifs is 3. The molecule has 27 heavy (non-hydrogen) atoms. The highest BCUT2D eigenvalue weighted by molar-refractivity contribution is 7.89. The minimum absolute atomic E-state index is 0.133. The first-order valence-corrected chi connectivity index (χ1v) is 10.7. The summed E-state index contributed by atoms with van der Waals surface area (Å²) in [5.74, 6) is 1.27. The number of nitrogens with zero attached hydrogens (tertiary/aromatic N) is 2. The Bertz CT molecular complexity index is 1010. The number of ether oxygens (including phenoxy) is 1. The number of rotatable bonds is 4. The normalized spacial score (nSPS) is 22.3. The summed E-state index contributed by atoms with van der Waals surface area (Å²) in [6, 6.07) is 6.08. The Labute approximate surface area is 158 Å². The van der Waals surface area contributed by atoms with E-state index in [0.717, 1.165) is 18.5 Å². The van der Waals surface area contributed by atoms with Gasteiger partial charge in [0, 0.05) is 30.5 Å². The van der Waals surface area contributed by atoms with E-state index in [1.165, 1.54) is 0 Å². The first-order chi connectivity index (χ1) is 12.9. The number of benzene rings is 1. The standard InChI is InChI=1S/C19H23N3O4S/c1-3-18-20-17-11-13-5-4-12(10-16(17)19(23)21-18)22(13)27(24,25)15-8-6-14(26-2)7-9-15/h6-9,12-13H,3-5,10-11H2,1-2H3,(H,20,21,23)/t12-,13+/m1/s1. The van der Waals surface area contributed by atoms with Crippen molar-refractivity contribution in [1.82, 2.24) is 14.3 Å². The Balaban J connectivity index is 1.73. The van der Waals surface area contributed by atoms with Gasteiger partial charge in [0.15, 0.2) is 0 Å². The van der Waals surface area contributed by atoms with Crippen molar-refractivity contribution in [3.8, 4) is 5.75 Å². The number of H-pyrrole nitrogens is 1. The van der Waals surface area contributed by atoms with Crippen molar-refractivity contribution in [3.05, 3.63) is 51.7 Å². The molecule has 7 nitrogen and oxygen atoms in total. The molecular weight excluding hydrogens is 366 g/mol. The molecular formula is C19H23N3O4S. The zero-order valence-corrected chi connectivity index (χ0v) is 16.3. The summed E-state index contributed by atoms with van der Waals surface area (Å²) in [6.07, 6.45) is 3.08. The van der Waals surface area contributed by atoms with E-state index in [0.29, 0.717) is 36.4 Å². The monoisotopic (exact) mass is 389 g/mol. The van der Waals surface area contributed by atoms with Crippen LogP contribution in [0.4, 0.5) is 0 Å². The Morgan fingerprint density at radius 3 is 2.48 bits per heavy atom. The quantitative estimate of drug-likeness (QED) is 0.859. The van der Waals surface area contributed by atoms with E-state index >= 15 is 0 Å². The fourth-order valence-electron chi connectivity index (χ4n) is 4.18. The maximum absolute atomic E-state index is 13.3. The second-order valence-corrected chi connectivity index (χ2v) is 8.94. The van der Waals surface area contributed by atoms with Crippen LogP contribution in [0.1, 0.15) is 36.8 Å². The highest BCUT2D eigenvalue weighted by Crippen LogP contribution is 2.37. The van der Waals surface area contributed by atoms with Gasteiger partial charge in [0.05, 0.1) is 17.7 Å². The van der Waals surface area contributed by atoms with Gasteiger partial charge in [0.25, 0.3) is 5.56 Å². The van der Waals surface area contributed by atoms with E-state index in [2.05, 4.69) is 9.97 Å². The predicted molar refractivity (Wildman–Crippen MR) is 100 cm³/mol. The van der Waals surface area contributed by atoms with Crippen molar-refractivity contribution >= 4 is 10.0 Å². The van der Waals surface area contributed by atoms with Crippen LogP contribution in [-0.2, 0) is 29.3 Å². The SMILES string of the molecule is CCc1nc2c(c(=O)[nH]1)C[C@H]1CC[C@@H](C2)N1S(=O)(=O)c1ccc(OC)cc1. The Morgan fingerprint density at radius 1 is 1.19 bits per heavy atom. The van der Waals surface area contributed by atoms with Gasteiger partial charge in [-0.1, -0.05) is 6.92 Å². The van der Waals surface area contributed by atoms with E-state index in [-0.39, 0.29) is 22.5 Å². The molecule has 1 saturated heterocycles. The van der Waals surface area contributed by atoms with Gasteiger partial charge in [-0.05, 0) is 43.5 Å². The fourth-order valence-corrected chi connectivity index (χ4v) is 6.05. The minimum Gasteiger partial charge on any atom is -0.497 e. The lowest BCUT2D eigenvalue weighted by molar-refractivity contribution is 0.327. The van der Waals surface area contributed by atoms with E-state index in [9.17, 15) is 13.2 Å². The molecule has 2 bridgehead atoms. The molecule has 0 aliphatic carbocycles. The summed E-state index contributed by atoms with van der Waals surface area (Å²) in [5.41, 5.74) is 1.25. The highest BCUT2D eigenvalue weighted by atomic mass is 32.2. The largest absolute Gasteiger partial charge is 0.497 e. The Morgan fingerprint density at radius 2 is 1.85 bits per heavy atom. The topological polar surface area (TPSA) is 92.4 Å². The van der Waals surface area contributed by atoms with Crippen molar-refractivity contribution in [2.24, 2.45) is 0 Å². The molecule has 0 radical (unpaired) electrons. The van der Waals surface area contributed by atoms with Crippen molar-refractivity contribution in [2.45, 2.75) is 56.0 Å². The van der Waals surface area contributed by atoms with E-state index < -0.39 is 10.0 Å². The van der Waals surface area contributed by atoms with Crippen molar-refractivity contribution in [2.75, 3.05) is 7.11 Å². The molecule has 2 atom stereocenters. The van der Waals surface area contributed by atoms with Crippen LogP contribution in [-0.4, -0.2) is 41.9 Å². The molecule has 0 saturated carbocycles. The number of sulfonamides is 1. The van der Waals surface area contributed by atoms with E-state index in [4.69, 9.17) is 4.74 Å². The average Bonchev–Trinajstić information content (AvgIpc) is 2.97. The number of nitrogens with one attached hydrogen (secondary N) is 1. The zero-order chi connectivity index (χ0) is 19.2. The molecule has 2 aromatic rings. The summed E-state index contributed by atoms with van der Waals surface area (Å²) in [5, 5.41) is 0. The Kier molecular flexibility index (Phi) is 4.55. The second kappa shape index (κ2) is 6.76. The molecule has 0 spiro atoms. The van der Waals surface area contributed by atoms with Crippen LogP contribution in [0.15, 0.2) is 34.0 Å². The number of methoxy groups -OCH3 is 1. The first-order valence-electron chi connectivity index (χ1n) is 9.22. The number of hydrogen-bond acceptors (Lipinski definition) is 5. The Hall–Kier alpha value is -2.19. The van der Waals surface area contributed by atoms with Crippen LogP contribution in [0.2, 0.25) is 0 Å². The summed E-state index contributed by atoms with van der Waals surface area (Å²) in [6.45, 7) is 1.94. The average molecular weight is 389 g/mol. The molecule has 0 unspecified atom stereocenters. The van der Waals surface area contributed by atoms with Crippen molar-refractivity contribution < 1.29 is 13.2 Å². The molecule has 144 valence electrons. The second-order valence-electron chi connectivity index (χ2n) is 7.10. The smallest absolute Gasteiger partial charge is 0.254 e. The van der Waals surface area contributed by atoms with Crippen LogP contribution in [0.3, 0.4) is 0 Å². The number of aromatic amines is 1.